The Bertz CT molecular complexity index is 727. The van der Waals surface area contributed by atoms with E-state index in [1.807, 2.05) is 0 Å². The minimum Gasteiger partial charge on any atom is -0.381 e. The monoisotopic (exact) mass is 348 g/mol. The Hall–Kier alpha value is -0.340. The van der Waals surface area contributed by atoms with E-state index in [1.54, 1.807) is 0 Å². The molecule has 0 radical (unpaired) electrons. The molecule has 0 spiro atoms. The standard InChI is InChI=1S/C24H28O2/c1-2-8-10-4-25-3-9(10)7(1)13-14(8)18-20-16-12-6-26-5-11(12)15-19(20)17(13)23-21(15)22(16)24(18)23/h1-2,7-24H,3-6H2/t7-,8+,9+,10-,11+,12-,13-,14+,15+,16-,17-,18+,19-,20-,21+,22+,23-,24+/m1/s1. The van der Waals surface area contributed by atoms with Crippen molar-refractivity contribution in [3.05, 3.63) is 12.2 Å². The summed E-state index contributed by atoms with van der Waals surface area (Å²) in [5.41, 5.74) is 0. The van der Waals surface area contributed by atoms with Crippen LogP contribution in [0.2, 0.25) is 0 Å². The maximum atomic E-state index is 6.13. The first-order valence-corrected chi connectivity index (χ1v) is 11.8. The lowest BCUT2D eigenvalue weighted by Crippen LogP contribution is -2.65. The molecular weight excluding hydrogens is 320 g/mol. The van der Waals surface area contributed by atoms with Crippen molar-refractivity contribution in [1.29, 1.82) is 0 Å². The van der Waals surface area contributed by atoms with E-state index in [0.717, 1.165) is 133 Å². The predicted octanol–water partition coefficient (Wildman–Crippen LogP) is 2.80. The smallest absolute Gasteiger partial charge is 0.0503 e. The number of rotatable bonds is 0. The first kappa shape index (κ1) is 13.0. The van der Waals surface area contributed by atoms with Gasteiger partial charge in [0.2, 0.25) is 0 Å². The van der Waals surface area contributed by atoms with Crippen LogP contribution in [0.5, 0.6) is 0 Å². The van der Waals surface area contributed by atoms with E-state index in [0.29, 0.717) is 0 Å². The van der Waals surface area contributed by atoms with Crippen LogP contribution in [0.4, 0.5) is 0 Å². The largest absolute Gasteiger partial charge is 0.381 e. The third-order valence-corrected chi connectivity index (χ3v) is 12.9. The van der Waals surface area contributed by atoms with Crippen LogP contribution in [0.1, 0.15) is 0 Å². The molecular formula is C24H28O2. The Morgan fingerprint density at radius 1 is 0.385 bits per heavy atom. The van der Waals surface area contributed by atoms with Crippen LogP contribution in [0.25, 0.3) is 0 Å². The van der Waals surface area contributed by atoms with E-state index in [-0.39, 0.29) is 0 Å². The molecule has 13 aliphatic rings. The van der Waals surface area contributed by atoms with E-state index in [4.69, 9.17) is 9.47 Å². The zero-order chi connectivity index (χ0) is 16.0. The van der Waals surface area contributed by atoms with Crippen LogP contribution < -0.4 is 0 Å². The average Bonchev–Trinajstić information content (AvgIpc) is 3.39. The highest BCUT2D eigenvalue weighted by atomic mass is 16.5. The highest BCUT2D eigenvalue weighted by Crippen LogP contribution is 2.91. The van der Waals surface area contributed by atoms with Crippen molar-refractivity contribution in [2.75, 3.05) is 26.4 Å². The number of hydrogen-bond acceptors (Lipinski definition) is 2. The first-order chi connectivity index (χ1) is 12.9. The van der Waals surface area contributed by atoms with E-state index in [9.17, 15) is 0 Å². The summed E-state index contributed by atoms with van der Waals surface area (Å²) >= 11 is 0. The Kier molecular flexibility index (Phi) is 1.81. The highest BCUT2D eigenvalue weighted by molar-refractivity contribution is 5.37. The molecule has 136 valence electrons. The fraction of sp³-hybridized carbons (Fsp3) is 0.917. The molecule has 9 saturated carbocycles. The van der Waals surface area contributed by atoms with Crippen molar-refractivity contribution in [1.82, 2.24) is 0 Å². The highest BCUT2D eigenvalue weighted by Gasteiger charge is 2.88. The average molecular weight is 348 g/mol. The number of hydrogen-bond donors (Lipinski definition) is 0. The maximum Gasteiger partial charge on any atom is 0.0503 e. The van der Waals surface area contributed by atoms with E-state index in [1.165, 1.54) is 0 Å². The van der Waals surface area contributed by atoms with E-state index < -0.39 is 0 Å². The molecule has 0 aromatic heterocycles. The summed E-state index contributed by atoms with van der Waals surface area (Å²) in [4.78, 5) is 0. The second-order valence-electron chi connectivity index (χ2n) is 12.2. The predicted molar refractivity (Wildman–Crippen MR) is 93.6 cm³/mol. The van der Waals surface area contributed by atoms with Gasteiger partial charge in [0.1, 0.15) is 0 Å². The zero-order valence-corrected chi connectivity index (χ0v) is 15.2. The van der Waals surface area contributed by atoms with Gasteiger partial charge < -0.3 is 9.47 Å². The van der Waals surface area contributed by atoms with E-state index in [2.05, 4.69) is 12.2 Å². The van der Waals surface area contributed by atoms with Crippen LogP contribution >= 0.6 is 0 Å². The second-order valence-corrected chi connectivity index (χ2v) is 12.2. The molecule has 13 rings (SSSR count). The molecule has 10 bridgehead atoms. The molecule has 0 unspecified atom stereocenters. The van der Waals surface area contributed by atoms with Crippen molar-refractivity contribution >= 4 is 0 Å². The minimum absolute atomic E-state index is 0.885. The van der Waals surface area contributed by atoms with Crippen molar-refractivity contribution in [2.24, 2.45) is 107 Å². The van der Waals surface area contributed by atoms with Crippen LogP contribution in [-0.4, -0.2) is 26.4 Å². The van der Waals surface area contributed by atoms with Crippen molar-refractivity contribution < 1.29 is 9.47 Å². The molecule has 0 aromatic rings. The van der Waals surface area contributed by atoms with Gasteiger partial charge in [0.15, 0.2) is 0 Å². The summed E-state index contributed by atoms with van der Waals surface area (Å²) in [6.45, 7) is 4.42. The number of allylic oxidation sites excluding steroid dienone is 2. The summed E-state index contributed by atoms with van der Waals surface area (Å²) < 4.78 is 12.2. The van der Waals surface area contributed by atoms with Gasteiger partial charge in [-0.25, -0.2) is 0 Å². The Labute approximate surface area is 155 Å². The normalized spacial score (nSPS) is 81.5. The van der Waals surface area contributed by atoms with Crippen LogP contribution in [0, 0.1) is 107 Å². The summed E-state index contributed by atoms with van der Waals surface area (Å²) in [5.74, 6) is 19.0. The lowest BCUT2D eigenvalue weighted by molar-refractivity contribution is -0.194. The van der Waals surface area contributed by atoms with E-state index >= 15 is 0 Å². The minimum atomic E-state index is 0.885. The number of ether oxygens (including phenoxy) is 2. The maximum absolute atomic E-state index is 6.13. The third-order valence-electron chi connectivity index (χ3n) is 12.9. The Morgan fingerprint density at radius 2 is 0.731 bits per heavy atom. The van der Waals surface area contributed by atoms with Crippen LogP contribution in [-0.2, 0) is 9.47 Å². The molecule has 2 aliphatic heterocycles. The Morgan fingerprint density at radius 3 is 1.19 bits per heavy atom. The van der Waals surface area contributed by atoms with Gasteiger partial charge >= 0.3 is 0 Å². The Balaban J connectivity index is 1.21. The molecule has 0 N–H and O–H groups in total. The molecule has 2 saturated heterocycles. The molecule has 2 heterocycles. The molecule has 2 heteroatoms. The molecule has 2 nitrogen and oxygen atoms in total. The molecule has 26 heavy (non-hydrogen) atoms. The SMILES string of the molecule is C1=C[C@H]2[C@H]3COC[C@H]3[C@@H]1[C@@H]1[C@H]2[C@H]2[C@H]3[C@H]4[C@@H]5COC[C@@H]5[C@H]5[C@@H]3[C@@H]1[C@@H]1[C@@H]5[C@H]4[C@H]21. The second kappa shape index (κ2) is 3.63. The van der Waals surface area contributed by atoms with Crippen LogP contribution in [0.3, 0.4) is 0 Å². The van der Waals surface area contributed by atoms with Gasteiger partial charge in [-0.1, -0.05) is 12.2 Å². The molecule has 0 amide bonds. The van der Waals surface area contributed by atoms with Gasteiger partial charge in [0.05, 0.1) is 26.4 Å². The summed E-state index contributed by atoms with van der Waals surface area (Å²) in [7, 11) is 0. The third kappa shape index (κ3) is 0.957. The topological polar surface area (TPSA) is 18.5 Å². The van der Waals surface area contributed by atoms with Crippen molar-refractivity contribution in [2.45, 2.75) is 0 Å². The molecule has 11 fully saturated rings. The van der Waals surface area contributed by atoms with Crippen molar-refractivity contribution in [3.8, 4) is 0 Å². The van der Waals surface area contributed by atoms with Gasteiger partial charge in [-0.2, -0.15) is 0 Å². The van der Waals surface area contributed by atoms with Gasteiger partial charge in [-0.05, 0) is 107 Å². The molecule has 11 aliphatic carbocycles. The summed E-state index contributed by atoms with van der Waals surface area (Å²) in [6.07, 6.45) is 5.41. The molecule has 18 atom stereocenters. The van der Waals surface area contributed by atoms with Crippen LogP contribution in [0.15, 0.2) is 12.2 Å². The lowest BCUT2D eigenvalue weighted by atomic mass is 9.36. The van der Waals surface area contributed by atoms with Gasteiger partial charge in [-0.3, -0.25) is 0 Å². The fourth-order valence-corrected chi connectivity index (χ4v) is 13.3. The van der Waals surface area contributed by atoms with Crippen molar-refractivity contribution in [3.63, 3.8) is 0 Å². The van der Waals surface area contributed by atoms with Gasteiger partial charge in [-0.15, -0.1) is 0 Å². The van der Waals surface area contributed by atoms with Gasteiger partial charge in [0, 0.05) is 0 Å². The zero-order valence-electron chi connectivity index (χ0n) is 15.2. The molecule has 0 aromatic carbocycles. The fourth-order valence-electron chi connectivity index (χ4n) is 13.3. The van der Waals surface area contributed by atoms with Gasteiger partial charge in [0.25, 0.3) is 0 Å². The first-order valence-electron chi connectivity index (χ1n) is 11.8. The lowest BCUT2D eigenvalue weighted by Gasteiger charge is -2.68. The summed E-state index contributed by atoms with van der Waals surface area (Å²) in [6, 6.07) is 0. The quantitative estimate of drug-likeness (QED) is 0.627. The summed E-state index contributed by atoms with van der Waals surface area (Å²) in [5, 5.41) is 0.